The molecule has 0 radical (unpaired) electrons. The summed E-state index contributed by atoms with van der Waals surface area (Å²) in [6.45, 7) is 2.86. The molecule has 0 unspecified atom stereocenters. The lowest BCUT2D eigenvalue weighted by Crippen LogP contribution is -2.29. The van der Waals surface area contributed by atoms with Crippen molar-refractivity contribution in [2.75, 3.05) is 12.4 Å². The Bertz CT molecular complexity index is 817. The Labute approximate surface area is 153 Å². The summed E-state index contributed by atoms with van der Waals surface area (Å²) >= 11 is 6.93. The predicted molar refractivity (Wildman–Crippen MR) is 95.8 cm³/mol. The normalized spacial score (nSPS) is 11.5. The quantitative estimate of drug-likeness (QED) is 0.608. The molecule has 1 aromatic carbocycles. The van der Waals surface area contributed by atoms with Crippen molar-refractivity contribution in [3.63, 3.8) is 0 Å². The lowest BCUT2D eigenvalue weighted by Gasteiger charge is -2.15. The van der Waals surface area contributed by atoms with E-state index in [2.05, 4.69) is 5.32 Å². The minimum atomic E-state index is -1.04. The maximum absolute atomic E-state index is 12.2. The summed E-state index contributed by atoms with van der Waals surface area (Å²) in [5.74, 6) is -0.904. The van der Waals surface area contributed by atoms with Crippen molar-refractivity contribution in [3.8, 4) is 5.75 Å². The molecule has 6 nitrogen and oxygen atoms in total. The lowest BCUT2D eigenvalue weighted by molar-refractivity contribution is -0.123. The van der Waals surface area contributed by atoms with Crippen molar-refractivity contribution in [2.24, 2.45) is 0 Å². The molecule has 1 amide bonds. The Balaban J connectivity index is 2.03. The summed E-state index contributed by atoms with van der Waals surface area (Å²) in [7, 11) is 1.46. The monoisotopic (exact) mass is 381 g/mol. The van der Waals surface area contributed by atoms with Gasteiger partial charge in [-0.2, -0.15) is 0 Å². The van der Waals surface area contributed by atoms with Gasteiger partial charge in [0, 0.05) is 5.02 Å². The highest BCUT2D eigenvalue weighted by atomic mass is 35.5. The van der Waals surface area contributed by atoms with Crippen LogP contribution >= 0.6 is 22.9 Å². The first-order chi connectivity index (χ1) is 11.8. The molecule has 0 aliphatic rings. The number of rotatable bonds is 6. The molecule has 0 bridgehead atoms. The van der Waals surface area contributed by atoms with Crippen LogP contribution in [0.4, 0.5) is 5.69 Å². The van der Waals surface area contributed by atoms with Crippen LogP contribution < -0.4 is 10.1 Å². The molecule has 0 spiro atoms. The number of Topliss-reactive ketones (excluding diaryl/α,β-unsaturated/α-hetero) is 1. The minimum absolute atomic E-state index is 0.136. The second-order valence-corrected chi connectivity index (χ2v) is 6.62. The number of methoxy groups -OCH3 is 1. The number of esters is 1. The second kappa shape index (κ2) is 8.13. The fourth-order valence-corrected chi connectivity index (χ4v) is 2.88. The summed E-state index contributed by atoms with van der Waals surface area (Å²) in [6, 6.07) is 7.82. The van der Waals surface area contributed by atoms with Crippen molar-refractivity contribution in [2.45, 2.75) is 20.0 Å². The van der Waals surface area contributed by atoms with Gasteiger partial charge in [-0.1, -0.05) is 11.6 Å². The van der Waals surface area contributed by atoms with E-state index in [1.54, 1.807) is 18.2 Å². The number of halogens is 1. The Hall–Kier alpha value is -2.38. The maximum Gasteiger partial charge on any atom is 0.349 e. The van der Waals surface area contributed by atoms with E-state index >= 15 is 0 Å². The minimum Gasteiger partial charge on any atom is -0.495 e. The van der Waals surface area contributed by atoms with Gasteiger partial charge in [0.25, 0.3) is 5.91 Å². The van der Waals surface area contributed by atoms with Crippen molar-refractivity contribution in [1.82, 2.24) is 0 Å². The maximum atomic E-state index is 12.2. The highest BCUT2D eigenvalue weighted by Crippen LogP contribution is 2.28. The van der Waals surface area contributed by atoms with Gasteiger partial charge in [0.05, 0.1) is 17.7 Å². The van der Waals surface area contributed by atoms with Crippen molar-refractivity contribution < 1.29 is 23.9 Å². The number of amides is 1. The van der Waals surface area contributed by atoms with Crippen LogP contribution in [0, 0.1) is 0 Å². The van der Waals surface area contributed by atoms with Gasteiger partial charge in [-0.05, 0) is 44.2 Å². The summed E-state index contributed by atoms with van der Waals surface area (Å²) in [6.07, 6.45) is -1.04. The van der Waals surface area contributed by atoms with Crippen LogP contribution in [-0.4, -0.2) is 30.9 Å². The first-order valence-electron chi connectivity index (χ1n) is 7.28. The molecule has 25 heavy (non-hydrogen) atoms. The first kappa shape index (κ1) is 19.0. The molecule has 1 heterocycles. The number of carbonyl (C=O) groups is 3. The summed E-state index contributed by atoms with van der Waals surface area (Å²) < 4.78 is 10.3. The first-order valence-corrected chi connectivity index (χ1v) is 8.47. The number of hydrogen-bond donors (Lipinski definition) is 1. The summed E-state index contributed by atoms with van der Waals surface area (Å²) in [4.78, 5) is 36.3. The lowest BCUT2D eigenvalue weighted by atomic mass is 10.2. The molecule has 132 valence electrons. The van der Waals surface area contributed by atoms with Gasteiger partial charge in [-0.25, -0.2) is 4.79 Å². The van der Waals surface area contributed by atoms with Gasteiger partial charge >= 0.3 is 5.97 Å². The van der Waals surface area contributed by atoms with Gasteiger partial charge in [-0.3, -0.25) is 9.59 Å². The molecule has 1 N–H and O–H groups in total. The fraction of sp³-hybridized carbons (Fsp3) is 0.235. The van der Waals surface area contributed by atoms with Gasteiger partial charge in [-0.15, -0.1) is 11.3 Å². The third-order valence-electron chi connectivity index (χ3n) is 3.23. The Morgan fingerprint density at radius 3 is 2.44 bits per heavy atom. The van der Waals surface area contributed by atoms with Crippen molar-refractivity contribution >= 4 is 46.3 Å². The molecule has 0 saturated carbocycles. The van der Waals surface area contributed by atoms with Crippen LogP contribution in [0.3, 0.4) is 0 Å². The second-order valence-electron chi connectivity index (χ2n) is 5.10. The van der Waals surface area contributed by atoms with E-state index in [0.717, 1.165) is 11.3 Å². The Kier molecular flexibility index (Phi) is 6.17. The van der Waals surface area contributed by atoms with Crippen molar-refractivity contribution in [1.29, 1.82) is 0 Å². The highest BCUT2D eigenvalue weighted by Gasteiger charge is 2.21. The van der Waals surface area contributed by atoms with E-state index in [-0.39, 0.29) is 10.7 Å². The SMILES string of the molecule is COc1ccc(Cl)cc1NC(=O)[C@H](C)OC(=O)c1ccc(C(C)=O)s1. The third kappa shape index (κ3) is 4.80. The average molecular weight is 382 g/mol. The third-order valence-corrected chi connectivity index (χ3v) is 4.63. The van der Waals surface area contributed by atoms with E-state index in [0.29, 0.717) is 21.3 Å². The van der Waals surface area contributed by atoms with Crippen LogP contribution in [0.1, 0.15) is 33.2 Å². The molecule has 1 aromatic heterocycles. The average Bonchev–Trinajstić information content (AvgIpc) is 3.05. The molecular weight excluding hydrogens is 366 g/mol. The Morgan fingerprint density at radius 2 is 1.84 bits per heavy atom. The van der Waals surface area contributed by atoms with E-state index in [4.69, 9.17) is 21.1 Å². The molecule has 2 rings (SSSR count). The fourth-order valence-electron chi connectivity index (χ4n) is 1.92. The number of nitrogens with one attached hydrogen (secondary N) is 1. The van der Waals surface area contributed by atoms with Crippen LogP contribution in [-0.2, 0) is 9.53 Å². The van der Waals surface area contributed by atoms with E-state index in [1.165, 1.54) is 33.1 Å². The van der Waals surface area contributed by atoms with Crippen LogP contribution in [0.15, 0.2) is 30.3 Å². The number of benzene rings is 1. The van der Waals surface area contributed by atoms with Crippen molar-refractivity contribution in [3.05, 3.63) is 45.1 Å². The standard InChI is InChI=1S/C17H16ClNO5S/c1-9(20)14-6-7-15(25-14)17(22)24-10(2)16(21)19-12-8-11(18)4-5-13(12)23-3/h4-8,10H,1-3H3,(H,19,21)/t10-/m0/s1. The number of ketones is 1. The molecule has 1 atom stereocenters. The Morgan fingerprint density at radius 1 is 1.16 bits per heavy atom. The van der Waals surface area contributed by atoms with Crippen LogP contribution in [0.5, 0.6) is 5.75 Å². The van der Waals surface area contributed by atoms with Gasteiger partial charge < -0.3 is 14.8 Å². The molecule has 0 saturated heterocycles. The van der Waals surface area contributed by atoms with Gasteiger partial charge in [0.15, 0.2) is 11.9 Å². The molecular formula is C17H16ClNO5S. The number of ether oxygens (including phenoxy) is 2. The number of thiophene rings is 1. The molecule has 0 aliphatic carbocycles. The molecule has 2 aromatic rings. The van der Waals surface area contributed by atoms with Gasteiger partial charge in [0.1, 0.15) is 10.6 Å². The summed E-state index contributed by atoms with van der Waals surface area (Å²) in [5, 5.41) is 3.03. The zero-order valence-electron chi connectivity index (χ0n) is 13.8. The zero-order chi connectivity index (χ0) is 18.6. The number of carbonyl (C=O) groups excluding carboxylic acids is 3. The largest absolute Gasteiger partial charge is 0.495 e. The number of hydrogen-bond acceptors (Lipinski definition) is 6. The smallest absolute Gasteiger partial charge is 0.349 e. The predicted octanol–water partition coefficient (Wildman–Crippen LogP) is 3.80. The van der Waals surface area contributed by atoms with Gasteiger partial charge in [0.2, 0.25) is 0 Å². The molecule has 0 fully saturated rings. The van der Waals surface area contributed by atoms with Crippen LogP contribution in [0.2, 0.25) is 5.02 Å². The summed E-state index contributed by atoms with van der Waals surface area (Å²) in [5.41, 5.74) is 0.373. The number of anilines is 1. The topological polar surface area (TPSA) is 81.7 Å². The highest BCUT2D eigenvalue weighted by molar-refractivity contribution is 7.15. The van der Waals surface area contributed by atoms with E-state index in [9.17, 15) is 14.4 Å². The van der Waals surface area contributed by atoms with E-state index < -0.39 is 18.0 Å². The molecule has 0 aliphatic heterocycles. The van der Waals surface area contributed by atoms with E-state index in [1.807, 2.05) is 0 Å². The van der Waals surface area contributed by atoms with Crippen LogP contribution in [0.25, 0.3) is 0 Å². The zero-order valence-corrected chi connectivity index (χ0v) is 15.4. The molecule has 8 heteroatoms.